The molecule has 2 unspecified atom stereocenters. The summed E-state index contributed by atoms with van der Waals surface area (Å²) in [5.41, 5.74) is 1.26. The van der Waals surface area contributed by atoms with E-state index in [0.717, 1.165) is 19.3 Å². The van der Waals surface area contributed by atoms with Crippen LogP contribution in [0.1, 0.15) is 30.9 Å². The van der Waals surface area contributed by atoms with Crippen molar-refractivity contribution in [3.05, 3.63) is 18.0 Å². The summed E-state index contributed by atoms with van der Waals surface area (Å²) in [5.74, 6) is 0.521. The lowest BCUT2D eigenvalue weighted by molar-refractivity contribution is 0.181. The molecular weight excluding hydrogens is 152 g/mol. The largest absolute Gasteiger partial charge is 0.393 e. The van der Waals surface area contributed by atoms with Crippen molar-refractivity contribution in [2.45, 2.75) is 31.3 Å². The van der Waals surface area contributed by atoms with Crippen molar-refractivity contribution in [3.8, 4) is 0 Å². The number of nitrogens with zero attached hydrogens (tertiary/aromatic N) is 2. The number of aliphatic hydroxyl groups is 1. The number of hydrogen-bond donors (Lipinski definition) is 1. The van der Waals surface area contributed by atoms with E-state index in [2.05, 4.69) is 5.10 Å². The zero-order valence-corrected chi connectivity index (χ0v) is 7.27. The number of hydrogen-bond acceptors (Lipinski definition) is 2. The van der Waals surface area contributed by atoms with E-state index >= 15 is 0 Å². The Hall–Kier alpha value is -0.830. The highest BCUT2D eigenvalue weighted by Crippen LogP contribution is 2.33. The average Bonchev–Trinajstić information content (AvgIpc) is 2.58. The topological polar surface area (TPSA) is 38.0 Å². The van der Waals surface area contributed by atoms with Gasteiger partial charge in [-0.05, 0) is 25.3 Å². The molecule has 1 N–H and O–H groups in total. The fourth-order valence-corrected chi connectivity index (χ4v) is 2.01. The zero-order chi connectivity index (χ0) is 8.55. The van der Waals surface area contributed by atoms with Crippen LogP contribution in [-0.4, -0.2) is 21.0 Å². The molecule has 0 amide bonds. The van der Waals surface area contributed by atoms with Crippen molar-refractivity contribution in [1.29, 1.82) is 0 Å². The van der Waals surface area contributed by atoms with Crippen LogP contribution < -0.4 is 0 Å². The lowest BCUT2D eigenvalue weighted by Crippen LogP contribution is -2.04. The molecule has 3 heteroatoms. The maximum atomic E-state index is 9.36. The SMILES string of the molecule is Cn1nccc1C1CCC(O)C1. The Morgan fingerprint density at radius 2 is 2.42 bits per heavy atom. The molecule has 2 rings (SSSR count). The Balaban J connectivity index is 2.16. The molecular formula is C9H14N2O. The van der Waals surface area contributed by atoms with E-state index in [4.69, 9.17) is 0 Å². The van der Waals surface area contributed by atoms with Crippen LogP contribution in [0, 0.1) is 0 Å². The number of aryl methyl sites for hydroxylation is 1. The fourth-order valence-electron chi connectivity index (χ4n) is 2.01. The molecule has 2 atom stereocenters. The van der Waals surface area contributed by atoms with Gasteiger partial charge in [0, 0.05) is 24.9 Å². The Labute approximate surface area is 72.0 Å². The molecule has 1 heterocycles. The first kappa shape index (κ1) is 7.80. The first-order chi connectivity index (χ1) is 5.77. The van der Waals surface area contributed by atoms with Crippen molar-refractivity contribution >= 4 is 0 Å². The summed E-state index contributed by atoms with van der Waals surface area (Å²) < 4.78 is 1.91. The predicted molar refractivity (Wildman–Crippen MR) is 45.8 cm³/mol. The van der Waals surface area contributed by atoms with Crippen molar-refractivity contribution in [3.63, 3.8) is 0 Å². The van der Waals surface area contributed by atoms with Gasteiger partial charge in [0.05, 0.1) is 6.10 Å². The van der Waals surface area contributed by atoms with Crippen LogP contribution in [0.5, 0.6) is 0 Å². The number of aromatic nitrogens is 2. The number of aliphatic hydroxyl groups excluding tert-OH is 1. The van der Waals surface area contributed by atoms with Gasteiger partial charge in [-0.15, -0.1) is 0 Å². The molecule has 1 aromatic heterocycles. The smallest absolute Gasteiger partial charge is 0.0546 e. The molecule has 0 aromatic carbocycles. The van der Waals surface area contributed by atoms with E-state index < -0.39 is 0 Å². The van der Waals surface area contributed by atoms with Crippen LogP contribution in [0.4, 0.5) is 0 Å². The van der Waals surface area contributed by atoms with E-state index in [1.54, 1.807) is 0 Å². The third-order valence-electron chi connectivity index (χ3n) is 2.68. The van der Waals surface area contributed by atoms with Crippen LogP contribution in [0.15, 0.2) is 12.3 Å². The Bertz CT molecular complexity index is 269. The highest BCUT2D eigenvalue weighted by molar-refractivity contribution is 5.09. The quantitative estimate of drug-likeness (QED) is 0.677. The summed E-state index contributed by atoms with van der Waals surface area (Å²) in [6, 6.07) is 2.04. The third kappa shape index (κ3) is 1.25. The molecule has 12 heavy (non-hydrogen) atoms. The standard InChI is InChI=1S/C9H14N2O/c1-11-9(4-5-10-11)7-2-3-8(12)6-7/h4-5,7-8,12H,2-3,6H2,1H3. The summed E-state index contributed by atoms with van der Waals surface area (Å²) in [6.07, 6.45) is 4.67. The number of rotatable bonds is 1. The van der Waals surface area contributed by atoms with Crippen molar-refractivity contribution < 1.29 is 5.11 Å². The van der Waals surface area contributed by atoms with Gasteiger partial charge in [-0.25, -0.2) is 0 Å². The summed E-state index contributed by atoms with van der Waals surface area (Å²) in [7, 11) is 1.96. The van der Waals surface area contributed by atoms with Crippen LogP contribution in [0.3, 0.4) is 0 Å². The van der Waals surface area contributed by atoms with E-state index in [0.29, 0.717) is 5.92 Å². The highest BCUT2D eigenvalue weighted by atomic mass is 16.3. The second-order valence-corrected chi connectivity index (χ2v) is 3.54. The minimum atomic E-state index is -0.0927. The normalized spacial score (nSPS) is 29.5. The van der Waals surface area contributed by atoms with Gasteiger partial charge in [-0.1, -0.05) is 0 Å². The molecule has 66 valence electrons. The van der Waals surface area contributed by atoms with Gasteiger partial charge in [-0.3, -0.25) is 4.68 Å². The van der Waals surface area contributed by atoms with Crippen molar-refractivity contribution in [2.24, 2.45) is 7.05 Å². The minimum Gasteiger partial charge on any atom is -0.393 e. The van der Waals surface area contributed by atoms with Crippen LogP contribution in [-0.2, 0) is 7.05 Å². The highest BCUT2D eigenvalue weighted by Gasteiger charge is 2.25. The summed E-state index contributed by atoms with van der Waals surface area (Å²) >= 11 is 0. The van der Waals surface area contributed by atoms with E-state index in [1.807, 2.05) is 24.0 Å². The molecule has 0 saturated heterocycles. The molecule has 0 bridgehead atoms. The Kier molecular flexibility index (Phi) is 1.89. The maximum Gasteiger partial charge on any atom is 0.0546 e. The summed E-state index contributed by atoms with van der Waals surface area (Å²) in [5, 5.41) is 13.5. The van der Waals surface area contributed by atoms with E-state index in [1.165, 1.54) is 5.69 Å². The monoisotopic (exact) mass is 166 g/mol. The van der Waals surface area contributed by atoms with Crippen molar-refractivity contribution in [2.75, 3.05) is 0 Å². The van der Waals surface area contributed by atoms with Gasteiger partial charge < -0.3 is 5.11 Å². The van der Waals surface area contributed by atoms with Crippen LogP contribution in [0.25, 0.3) is 0 Å². The molecule has 1 fully saturated rings. The second kappa shape index (κ2) is 2.90. The lowest BCUT2D eigenvalue weighted by atomic mass is 10.0. The zero-order valence-electron chi connectivity index (χ0n) is 7.27. The van der Waals surface area contributed by atoms with Gasteiger partial charge in [0.2, 0.25) is 0 Å². The van der Waals surface area contributed by atoms with E-state index in [-0.39, 0.29) is 6.10 Å². The molecule has 1 aliphatic carbocycles. The molecule has 0 radical (unpaired) electrons. The molecule has 0 spiro atoms. The van der Waals surface area contributed by atoms with Gasteiger partial charge in [-0.2, -0.15) is 5.10 Å². The molecule has 1 saturated carbocycles. The van der Waals surface area contributed by atoms with Crippen LogP contribution in [0.2, 0.25) is 0 Å². The summed E-state index contributed by atoms with van der Waals surface area (Å²) in [6.45, 7) is 0. The van der Waals surface area contributed by atoms with Gasteiger partial charge >= 0.3 is 0 Å². The average molecular weight is 166 g/mol. The van der Waals surface area contributed by atoms with Gasteiger partial charge in [0.1, 0.15) is 0 Å². The molecule has 1 aliphatic rings. The molecule has 1 aromatic rings. The first-order valence-corrected chi connectivity index (χ1v) is 4.43. The lowest BCUT2D eigenvalue weighted by Gasteiger charge is -2.08. The van der Waals surface area contributed by atoms with Gasteiger partial charge in [0.15, 0.2) is 0 Å². The van der Waals surface area contributed by atoms with Crippen molar-refractivity contribution in [1.82, 2.24) is 9.78 Å². The van der Waals surface area contributed by atoms with Gasteiger partial charge in [0.25, 0.3) is 0 Å². The van der Waals surface area contributed by atoms with Crippen LogP contribution >= 0.6 is 0 Å². The molecule has 3 nitrogen and oxygen atoms in total. The summed E-state index contributed by atoms with van der Waals surface area (Å²) in [4.78, 5) is 0. The first-order valence-electron chi connectivity index (χ1n) is 4.43. The van der Waals surface area contributed by atoms with E-state index in [9.17, 15) is 5.11 Å². The fraction of sp³-hybridized carbons (Fsp3) is 0.667. The Morgan fingerprint density at radius 3 is 2.92 bits per heavy atom. The third-order valence-corrected chi connectivity index (χ3v) is 2.68. The minimum absolute atomic E-state index is 0.0927. The maximum absolute atomic E-state index is 9.36. The molecule has 0 aliphatic heterocycles. The predicted octanol–water partition coefficient (Wildman–Crippen LogP) is 1.05. The Morgan fingerprint density at radius 1 is 1.58 bits per heavy atom. The second-order valence-electron chi connectivity index (χ2n) is 3.54.